The highest BCUT2D eigenvalue weighted by Gasteiger charge is 2.15. The molecular weight excluding hydrogens is 368 g/mol. The van der Waals surface area contributed by atoms with E-state index in [1.165, 1.54) is 5.56 Å². The molecule has 1 atom stereocenters. The van der Waals surface area contributed by atoms with Crippen LogP contribution in [0.2, 0.25) is 5.02 Å². The molecule has 6 heteroatoms. The lowest BCUT2D eigenvalue weighted by molar-refractivity contribution is -0.115. The van der Waals surface area contributed by atoms with Crippen molar-refractivity contribution in [2.24, 2.45) is 0 Å². The molecule has 0 aliphatic rings. The number of benzene rings is 2. The van der Waals surface area contributed by atoms with Crippen LogP contribution in [0.3, 0.4) is 0 Å². The first kappa shape index (κ1) is 20.3. The fourth-order valence-corrected chi connectivity index (χ4v) is 3.34. The lowest BCUT2D eigenvalue weighted by Crippen LogP contribution is -2.25. The highest BCUT2D eigenvalue weighted by molar-refractivity contribution is 7.99. The third kappa shape index (κ3) is 6.07. The molecule has 2 aromatic carbocycles. The number of rotatable bonds is 8. The van der Waals surface area contributed by atoms with Gasteiger partial charge in [-0.05, 0) is 37.1 Å². The normalized spacial score (nSPS) is 11.7. The second-order valence-corrected chi connectivity index (χ2v) is 7.61. The summed E-state index contributed by atoms with van der Waals surface area (Å²) in [6.07, 6.45) is 0.857. The van der Waals surface area contributed by atoms with Crippen LogP contribution in [-0.2, 0) is 10.5 Å². The van der Waals surface area contributed by atoms with E-state index < -0.39 is 0 Å². The minimum atomic E-state index is -0.207. The Morgan fingerprint density at radius 1 is 1.15 bits per heavy atom. The van der Waals surface area contributed by atoms with Crippen LogP contribution in [0, 0.1) is 0 Å². The number of carbonyl (C=O) groups excluding carboxylic acids is 2. The Balaban J connectivity index is 1.91. The second kappa shape index (κ2) is 10.2. The van der Waals surface area contributed by atoms with Gasteiger partial charge in [0, 0.05) is 18.0 Å². The number of amides is 2. The Bertz CT molecular complexity index is 753. The number of carbonyl (C=O) groups is 2. The summed E-state index contributed by atoms with van der Waals surface area (Å²) in [5.41, 5.74) is 2.17. The Morgan fingerprint density at radius 3 is 2.54 bits per heavy atom. The molecule has 1 unspecified atom stereocenters. The molecule has 2 aromatic rings. The van der Waals surface area contributed by atoms with Crippen LogP contribution in [0.5, 0.6) is 0 Å². The van der Waals surface area contributed by atoms with Crippen molar-refractivity contribution in [3.8, 4) is 0 Å². The zero-order chi connectivity index (χ0) is 18.9. The van der Waals surface area contributed by atoms with Gasteiger partial charge in [0.1, 0.15) is 0 Å². The molecular formula is C20H23ClN2O2S. The van der Waals surface area contributed by atoms with Crippen molar-refractivity contribution >= 4 is 40.9 Å². The van der Waals surface area contributed by atoms with E-state index in [1.807, 2.05) is 44.2 Å². The van der Waals surface area contributed by atoms with Crippen LogP contribution in [0.1, 0.15) is 36.2 Å². The molecule has 0 fully saturated rings. The predicted octanol–water partition coefficient (Wildman–Crippen LogP) is 4.74. The number of hydrogen-bond donors (Lipinski definition) is 2. The lowest BCUT2D eigenvalue weighted by atomic mass is 10.2. The minimum Gasteiger partial charge on any atom is -0.352 e. The first-order chi connectivity index (χ1) is 12.5. The van der Waals surface area contributed by atoms with Gasteiger partial charge in [-0.15, -0.1) is 11.8 Å². The summed E-state index contributed by atoms with van der Waals surface area (Å²) >= 11 is 7.76. The van der Waals surface area contributed by atoms with Crippen molar-refractivity contribution in [1.29, 1.82) is 0 Å². The van der Waals surface area contributed by atoms with E-state index in [0.717, 1.165) is 12.2 Å². The molecule has 26 heavy (non-hydrogen) atoms. The zero-order valence-corrected chi connectivity index (χ0v) is 16.5. The number of halogens is 1. The van der Waals surface area contributed by atoms with Crippen LogP contribution in [-0.4, -0.2) is 23.6 Å². The standard InChI is InChI=1S/C20H23ClN2O2S/c1-3-11-22-20(25)17-10-9-16(12-18(17)21)23-19(24)14(2)26-13-15-7-5-4-6-8-15/h4-10,12,14H,3,11,13H2,1-2H3,(H,22,25)(H,23,24). The fourth-order valence-electron chi connectivity index (χ4n) is 2.23. The van der Waals surface area contributed by atoms with Gasteiger partial charge in [-0.1, -0.05) is 48.9 Å². The van der Waals surface area contributed by atoms with E-state index in [1.54, 1.807) is 30.0 Å². The summed E-state index contributed by atoms with van der Waals surface area (Å²) in [5, 5.41) is 5.75. The van der Waals surface area contributed by atoms with E-state index in [9.17, 15) is 9.59 Å². The monoisotopic (exact) mass is 390 g/mol. The van der Waals surface area contributed by atoms with Crippen molar-refractivity contribution in [2.75, 3.05) is 11.9 Å². The van der Waals surface area contributed by atoms with E-state index in [-0.39, 0.29) is 17.1 Å². The lowest BCUT2D eigenvalue weighted by Gasteiger charge is -2.13. The fraction of sp³-hybridized carbons (Fsp3) is 0.300. The van der Waals surface area contributed by atoms with Gasteiger partial charge in [0.15, 0.2) is 0 Å². The molecule has 4 nitrogen and oxygen atoms in total. The highest BCUT2D eigenvalue weighted by Crippen LogP contribution is 2.23. The first-order valence-electron chi connectivity index (χ1n) is 8.55. The molecule has 0 radical (unpaired) electrons. The van der Waals surface area contributed by atoms with Crippen LogP contribution < -0.4 is 10.6 Å². The van der Waals surface area contributed by atoms with Crippen molar-refractivity contribution in [3.05, 3.63) is 64.7 Å². The van der Waals surface area contributed by atoms with Crippen LogP contribution in [0.4, 0.5) is 5.69 Å². The third-order valence-corrected chi connectivity index (χ3v) is 5.26. The smallest absolute Gasteiger partial charge is 0.252 e. The predicted molar refractivity (Wildman–Crippen MR) is 110 cm³/mol. The van der Waals surface area contributed by atoms with Gasteiger partial charge < -0.3 is 10.6 Å². The second-order valence-electron chi connectivity index (χ2n) is 5.88. The van der Waals surface area contributed by atoms with Crippen molar-refractivity contribution < 1.29 is 9.59 Å². The van der Waals surface area contributed by atoms with E-state index in [2.05, 4.69) is 10.6 Å². The van der Waals surface area contributed by atoms with E-state index in [4.69, 9.17) is 11.6 Å². The van der Waals surface area contributed by atoms with Crippen LogP contribution >= 0.6 is 23.4 Å². The molecule has 2 N–H and O–H groups in total. The topological polar surface area (TPSA) is 58.2 Å². The molecule has 2 amide bonds. The Labute approximate surface area is 163 Å². The molecule has 2 rings (SSSR count). The summed E-state index contributed by atoms with van der Waals surface area (Å²) in [5.74, 6) is 0.471. The maximum absolute atomic E-state index is 12.4. The minimum absolute atomic E-state index is 0.0924. The van der Waals surface area contributed by atoms with Gasteiger partial charge in [-0.3, -0.25) is 9.59 Å². The molecule has 0 saturated carbocycles. The molecule has 0 aliphatic heterocycles. The number of hydrogen-bond acceptors (Lipinski definition) is 3. The molecule has 0 saturated heterocycles. The molecule has 0 aliphatic carbocycles. The highest BCUT2D eigenvalue weighted by atomic mass is 35.5. The Morgan fingerprint density at radius 2 is 1.88 bits per heavy atom. The average Bonchev–Trinajstić information content (AvgIpc) is 2.65. The number of anilines is 1. The van der Waals surface area contributed by atoms with Crippen LogP contribution in [0.25, 0.3) is 0 Å². The number of nitrogens with one attached hydrogen (secondary N) is 2. The third-order valence-electron chi connectivity index (χ3n) is 3.73. The van der Waals surface area contributed by atoms with Gasteiger partial charge in [-0.25, -0.2) is 0 Å². The Kier molecular flexibility index (Phi) is 8.01. The van der Waals surface area contributed by atoms with Gasteiger partial charge in [0.25, 0.3) is 5.91 Å². The largest absolute Gasteiger partial charge is 0.352 e. The zero-order valence-electron chi connectivity index (χ0n) is 14.9. The summed E-state index contributed by atoms with van der Waals surface area (Å²) in [6.45, 7) is 4.46. The maximum atomic E-state index is 12.4. The summed E-state index contributed by atoms with van der Waals surface area (Å²) in [7, 11) is 0. The van der Waals surface area contributed by atoms with Crippen molar-refractivity contribution in [3.63, 3.8) is 0 Å². The van der Waals surface area contributed by atoms with Gasteiger partial charge in [0.05, 0.1) is 15.8 Å². The maximum Gasteiger partial charge on any atom is 0.252 e. The molecule has 0 spiro atoms. The Hall–Kier alpha value is -1.98. The number of thioether (sulfide) groups is 1. The first-order valence-corrected chi connectivity index (χ1v) is 9.98. The van der Waals surface area contributed by atoms with Crippen LogP contribution in [0.15, 0.2) is 48.5 Å². The molecule has 0 bridgehead atoms. The van der Waals surface area contributed by atoms with Gasteiger partial charge in [0.2, 0.25) is 5.91 Å². The van der Waals surface area contributed by atoms with Crippen molar-refractivity contribution in [2.45, 2.75) is 31.3 Å². The summed E-state index contributed by atoms with van der Waals surface area (Å²) < 4.78 is 0. The van der Waals surface area contributed by atoms with Gasteiger partial charge >= 0.3 is 0 Å². The summed E-state index contributed by atoms with van der Waals surface area (Å²) in [4.78, 5) is 24.4. The van der Waals surface area contributed by atoms with E-state index >= 15 is 0 Å². The molecule has 0 heterocycles. The quantitative estimate of drug-likeness (QED) is 0.684. The summed E-state index contributed by atoms with van der Waals surface area (Å²) in [6, 6.07) is 15.0. The van der Waals surface area contributed by atoms with Gasteiger partial charge in [-0.2, -0.15) is 0 Å². The average molecular weight is 391 g/mol. The SMILES string of the molecule is CCCNC(=O)c1ccc(NC(=O)C(C)SCc2ccccc2)cc1Cl. The molecule has 138 valence electrons. The molecule has 0 aromatic heterocycles. The van der Waals surface area contributed by atoms with Crippen molar-refractivity contribution in [1.82, 2.24) is 5.32 Å². The van der Waals surface area contributed by atoms with E-state index in [0.29, 0.717) is 22.8 Å².